The van der Waals surface area contributed by atoms with E-state index in [0.29, 0.717) is 28.9 Å². The minimum atomic E-state index is -0.393. The maximum Gasteiger partial charge on any atom is 0.270 e. The minimum Gasteiger partial charge on any atom is -0.382 e. The lowest BCUT2D eigenvalue weighted by atomic mass is 10.1. The number of nitrogens with zero attached hydrogens (tertiary/aromatic N) is 3. The van der Waals surface area contributed by atoms with Gasteiger partial charge in [-0.2, -0.15) is 4.98 Å². The van der Waals surface area contributed by atoms with E-state index in [9.17, 15) is 4.39 Å². The monoisotopic (exact) mass is 363 g/mol. The van der Waals surface area contributed by atoms with Gasteiger partial charge in [0.25, 0.3) is 5.89 Å². The topological polar surface area (TPSA) is 60.5 Å². The average Bonchev–Trinajstić information content (AvgIpc) is 3.29. The standard InChI is InChI=1S/C16H11ClFN3O2S/c17-14-6-5-13(24-14)11-8-12(22-20-11)16-19-15(21-23-16)7-9-1-3-10(18)4-2-9/h1-6,12H,7-8H2/t12-/m0/s1. The summed E-state index contributed by atoms with van der Waals surface area (Å²) in [5.74, 6) is 0.631. The Hall–Kier alpha value is -2.25. The van der Waals surface area contributed by atoms with Gasteiger partial charge in [-0.3, -0.25) is 0 Å². The van der Waals surface area contributed by atoms with Crippen LogP contribution < -0.4 is 0 Å². The fourth-order valence-electron chi connectivity index (χ4n) is 2.38. The molecule has 5 nitrogen and oxygen atoms in total. The van der Waals surface area contributed by atoms with Crippen molar-refractivity contribution in [2.75, 3.05) is 0 Å². The van der Waals surface area contributed by atoms with Crippen LogP contribution in [0, 0.1) is 5.82 Å². The average molecular weight is 364 g/mol. The Labute approximate surface area is 145 Å². The van der Waals surface area contributed by atoms with Crippen molar-refractivity contribution in [1.82, 2.24) is 10.1 Å². The molecule has 122 valence electrons. The molecule has 0 radical (unpaired) electrons. The summed E-state index contributed by atoms with van der Waals surface area (Å²) in [6.45, 7) is 0. The van der Waals surface area contributed by atoms with Crippen LogP contribution in [0.4, 0.5) is 4.39 Å². The lowest BCUT2D eigenvalue weighted by molar-refractivity contribution is 0.0599. The second-order valence-electron chi connectivity index (χ2n) is 5.29. The summed E-state index contributed by atoms with van der Waals surface area (Å²) in [5, 5.41) is 8.03. The molecule has 0 aliphatic carbocycles. The number of benzene rings is 1. The van der Waals surface area contributed by atoms with Gasteiger partial charge in [0, 0.05) is 12.8 Å². The maximum atomic E-state index is 12.9. The first-order valence-corrected chi connectivity index (χ1v) is 8.42. The predicted octanol–water partition coefficient (Wildman–Crippen LogP) is 4.38. The van der Waals surface area contributed by atoms with E-state index in [-0.39, 0.29) is 5.82 Å². The highest BCUT2D eigenvalue weighted by molar-refractivity contribution is 7.18. The van der Waals surface area contributed by atoms with Crippen LogP contribution in [-0.2, 0) is 11.3 Å². The quantitative estimate of drug-likeness (QED) is 0.690. The Morgan fingerprint density at radius 1 is 1.21 bits per heavy atom. The van der Waals surface area contributed by atoms with Crippen LogP contribution in [0.5, 0.6) is 0 Å². The van der Waals surface area contributed by atoms with Crippen molar-refractivity contribution in [1.29, 1.82) is 0 Å². The number of rotatable bonds is 4. The largest absolute Gasteiger partial charge is 0.382 e. The molecule has 0 saturated carbocycles. The first-order chi connectivity index (χ1) is 11.7. The molecule has 0 N–H and O–H groups in total. The van der Waals surface area contributed by atoms with Crippen LogP contribution in [0.3, 0.4) is 0 Å². The van der Waals surface area contributed by atoms with Gasteiger partial charge in [-0.25, -0.2) is 4.39 Å². The van der Waals surface area contributed by atoms with E-state index in [2.05, 4.69) is 15.3 Å². The summed E-state index contributed by atoms with van der Waals surface area (Å²) in [6.07, 6.45) is 0.620. The van der Waals surface area contributed by atoms with Gasteiger partial charge < -0.3 is 9.36 Å². The number of halogens is 2. The van der Waals surface area contributed by atoms with Crippen molar-refractivity contribution in [3.8, 4) is 0 Å². The van der Waals surface area contributed by atoms with Crippen LogP contribution in [0.25, 0.3) is 0 Å². The first-order valence-electron chi connectivity index (χ1n) is 7.23. The van der Waals surface area contributed by atoms with Gasteiger partial charge in [0.05, 0.1) is 9.21 Å². The fourth-order valence-corrected chi connectivity index (χ4v) is 3.41. The van der Waals surface area contributed by atoms with Crippen molar-refractivity contribution in [3.63, 3.8) is 0 Å². The van der Waals surface area contributed by atoms with Crippen LogP contribution in [0.15, 0.2) is 46.1 Å². The summed E-state index contributed by atoms with van der Waals surface area (Å²) < 4.78 is 18.9. The molecule has 0 fully saturated rings. The fraction of sp³-hybridized carbons (Fsp3) is 0.188. The van der Waals surface area contributed by atoms with E-state index in [1.54, 1.807) is 12.1 Å². The van der Waals surface area contributed by atoms with Crippen LogP contribution in [0.1, 0.15) is 34.7 Å². The van der Waals surface area contributed by atoms with Crippen LogP contribution in [0.2, 0.25) is 4.34 Å². The molecule has 0 amide bonds. The van der Waals surface area contributed by atoms with E-state index < -0.39 is 6.10 Å². The van der Waals surface area contributed by atoms with Crippen molar-refractivity contribution in [2.45, 2.75) is 18.9 Å². The number of hydrogen-bond donors (Lipinski definition) is 0. The molecule has 1 aliphatic heterocycles. The van der Waals surface area contributed by atoms with Gasteiger partial charge >= 0.3 is 0 Å². The molecule has 0 spiro atoms. The lowest BCUT2D eigenvalue weighted by Crippen LogP contribution is -2.01. The van der Waals surface area contributed by atoms with Gasteiger partial charge in [-0.05, 0) is 29.8 Å². The minimum absolute atomic E-state index is 0.273. The molecule has 4 rings (SSSR count). The molecule has 1 aliphatic rings. The van der Waals surface area contributed by atoms with E-state index in [4.69, 9.17) is 21.0 Å². The third kappa shape index (κ3) is 3.18. The highest BCUT2D eigenvalue weighted by atomic mass is 35.5. The van der Waals surface area contributed by atoms with E-state index in [1.165, 1.54) is 23.5 Å². The third-order valence-electron chi connectivity index (χ3n) is 3.56. The highest BCUT2D eigenvalue weighted by Gasteiger charge is 2.29. The van der Waals surface area contributed by atoms with Crippen molar-refractivity contribution < 1.29 is 13.8 Å². The molecule has 8 heteroatoms. The van der Waals surface area contributed by atoms with Crippen molar-refractivity contribution in [3.05, 3.63) is 68.7 Å². The second kappa shape index (κ2) is 6.33. The van der Waals surface area contributed by atoms with Gasteiger partial charge in [-0.1, -0.05) is 34.0 Å². The first kappa shape index (κ1) is 15.3. The second-order valence-corrected chi connectivity index (χ2v) is 7.01. The summed E-state index contributed by atoms with van der Waals surface area (Å²) in [6, 6.07) is 9.93. The summed E-state index contributed by atoms with van der Waals surface area (Å²) >= 11 is 7.39. The Kier molecular flexibility index (Phi) is 4.03. The molecular formula is C16H11ClFN3O2S. The third-order valence-corrected chi connectivity index (χ3v) is 4.84. The zero-order chi connectivity index (χ0) is 16.5. The Balaban J connectivity index is 1.43. The maximum absolute atomic E-state index is 12.9. The molecule has 0 bridgehead atoms. The normalized spacial score (nSPS) is 16.9. The Morgan fingerprint density at radius 2 is 2.04 bits per heavy atom. The Morgan fingerprint density at radius 3 is 2.79 bits per heavy atom. The van der Waals surface area contributed by atoms with Crippen molar-refractivity contribution in [2.24, 2.45) is 5.16 Å². The zero-order valence-corrected chi connectivity index (χ0v) is 13.9. The van der Waals surface area contributed by atoms with Gasteiger partial charge in [-0.15, -0.1) is 11.3 Å². The van der Waals surface area contributed by atoms with Crippen LogP contribution >= 0.6 is 22.9 Å². The van der Waals surface area contributed by atoms with E-state index >= 15 is 0 Å². The number of aromatic nitrogens is 2. The number of thiophene rings is 1. The van der Waals surface area contributed by atoms with E-state index in [0.717, 1.165) is 16.2 Å². The summed E-state index contributed by atoms with van der Waals surface area (Å²) in [7, 11) is 0. The molecule has 1 aromatic carbocycles. The SMILES string of the molecule is Fc1ccc(Cc2noc([C@@H]3CC(c4ccc(Cl)s4)=NO3)n2)cc1. The van der Waals surface area contributed by atoms with Gasteiger partial charge in [0.2, 0.25) is 6.10 Å². The van der Waals surface area contributed by atoms with Crippen LogP contribution in [-0.4, -0.2) is 15.9 Å². The predicted molar refractivity (Wildman–Crippen MR) is 87.8 cm³/mol. The van der Waals surface area contributed by atoms with Gasteiger partial charge in [0.15, 0.2) is 5.82 Å². The molecule has 0 saturated heterocycles. The molecule has 2 aromatic heterocycles. The van der Waals surface area contributed by atoms with Gasteiger partial charge in [0.1, 0.15) is 11.5 Å². The summed E-state index contributed by atoms with van der Waals surface area (Å²) in [4.78, 5) is 10.7. The number of oxime groups is 1. The van der Waals surface area contributed by atoms with Crippen molar-refractivity contribution >= 4 is 28.6 Å². The highest BCUT2D eigenvalue weighted by Crippen LogP contribution is 2.32. The molecule has 1 atom stereocenters. The molecular weight excluding hydrogens is 353 g/mol. The number of hydrogen-bond acceptors (Lipinski definition) is 6. The zero-order valence-electron chi connectivity index (χ0n) is 12.3. The summed E-state index contributed by atoms with van der Waals surface area (Å²) in [5.41, 5.74) is 1.72. The van der Waals surface area contributed by atoms with E-state index in [1.807, 2.05) is 12.1 Å². The smallest absolute Gasteiger partial charge is 0.270 e. The molecule has 24 heavy (non-hydrogen) atoms. The molecule has 3 aromatic rings. The molecule has 3 heterocycles. The molecule has 0 unspecified atom stereocenters. The Bertz CT molecular complexity index is 891. The lowest BCUT2D eigenvalue weighted by Gasteiger charge is -2.00.